The fourth-order valence-electron chi connectivity index (χ4n) is 2.17. The minimum absolute atomic E-state index is 0.208. The summed E-state index contributed by atoms with van der Waals surface area (Å²) in [4.78, 5) is 23.8. The van der Waals surface area contributed by atoms with Crippen LogP contribution in [0.5, 0.6) is 0 Å². The minimum atomic E-state index is -0.356. The lowest BCUT2D eigenvalue weighted by molar-refractivity contribution is 0.0960. The Bertz CT molecular complexity index is 819. The van der Waals surface area contributed by atoms with Crippen molar-refractivity contribution in [2.24, 2.45) is 0 Å². The number of amides is 2. The molecule has 0 aliphatic carbocycles. The third kappa shape index (κ3) is 2.69. The van der Waals surface area contributed by atoms with Crippen molar-refractivity contribution in [3.05, 3.63) is 65.9 Å². The summed E-state index contributed by atoms with van der Waals surface area (Å²) in [6.45, 7) is 0. The molecule has 0 saturated heterocycles. The highest BCUT2D eigenvalue weighted by atomic mass is 16.3. The van der Waals surface area contributed by atoms with Gasteiger partial charge in [-0.3, -0.25) is 9.59 Å². The molecular formula is C17H14N2O3. The standard InChI is InChI=1S/C17H14N2O3/c1-18-16(20)12-6-4-7-13(9-12)19-17(21)15-10-11-5-2-3-8-14(11)22-15/h2-10H,1H3,(H,18,20)(H,19,21). The first kappa shape index (κ1) is 13.9. The van der Waals surface area contributed by atoms with Crippen LogP contribution < -0.4 is 10.6 Å². The van der Waals surface area contributed by atoms with Crippen molar-refractivity contribution in [2.45, 2.75) is 0 Å². The van der Waals surface area contributed by atoms with Gasteiger partial charge in [0.05, 0.1) is 0 Å². The molecule has 0 unspecified atom stereocenters. The van der Waals surface area contributed by atoms with Crippen LogP contribution in [0.2, 0.25) is 0 Å². The maximum atomic E-state index is 12.2. The van der Waals surface area contributed by atoms with Crippen molar-refractivity contribution in [2.75, 3.05) is 12.4 Å². The Labute approximate surface area is 126 Å². The van der Waals surface area contributed by atoms with Crippen LogP contribution in [0.4, 0.5) is 5.69 Å². The van der Waals surface area contributed by atoms with Crippen LogP contribution in [0, 0.1) is 0 Å². The molecule has 0 radical (unpaired) electrons. The quantitative estimate of drug-likeness (QED) is 0.780. The van der Waals surface area contributed by atoms with Gasteiger partial charge in [-0.2, -0.15) is 0 Å². The summed E-state index contributed by atoms with van der Waals surface area (Å²) >= 11 is 0. The third-order valence-corrected chi connectivity index (χ3v) is 3.26. The number of nitrogens with one attached hydrogen (secondary N) is 2. The van der Waals surface area contributed by atoms with Crippen molar-refractivity contribution < 1.29 is 14.0 Å². The molecule has 5 heteroatoms. The highest BCUT2D eigenvalue weighted by Crippen LogP contribution is 2.20. The summed E-state index contributed by atoms with van der Waals surface area (Å²) < 4.78 is 5.51. The lowest BCUT2D eigenvalue weighted by Crippen LogP contribution is -2.18. The molecule has 0 atom stereocenters. The average Bonchev–Trinajstić information content (AvgIpc) is 2.98. The summed E-state index contributed by atoms with van der Waals surface area (Å²) in [6.07, 6.45) is 0. The zero-order chi connectivity index (χ0) is 15.5. The molecule has 0 aliphatic rings. The predicted octanol–water partition coefficient (Wildman–Crippen LogP) is 3.04. The largest absolute Gasteiger partial charge is 0.451 e. The SMILES string of the molecule is CNC(=O)c1cccc(NC(=O)c2cc3ccccc3o2)c1. The van der Waals surface area contributed by atoms with Crippen molar-refractivity contribution in [1.29, 1.82) is 0 Å². The zero-order valence-electron chi connectivity index (χ0n) is 11.9. The van der Waals surface area contributed by atoms with Crippen LogP contribution in [0.1, 0.15) is 20.9 Å². The molecule has 0 aliphatic heterocycles. The van der Waals surface area contributed by atoms with Gasteiger partial charge in [0.2, 0.25) is 0 Å². The zero-order valence-corrected chi connectivity index (χ0v) is 11.9. The van der Waals surface area contributed by atoms with Gasteiger partial charge >= 0.3 is 0 Å². The molecule has 0 bridgehead atoms. The van der Waals surface area contributed by atoms with Crippen LogP contribution in [-0.4, -0.2) is 18.9 Å². The molecular weight excluding hydrogens is 280 g/mol. The van der Waals surface area contributed by atoms with E-state index in [1.54, 1.807) is 43.4 Å². The highest BCUT2D eigenvalue weighted by Gasteiger charge is 2.13. The van der Waals surface area contributed by atoms with Gasteiger partial charge in [-0.1, -0.05) is 24.3 Å². The van der Waals surface area contributed by atoms with Gasteiger partial charge in [-0.15, -0.1) is 0 Å². The molecule has 0 spiro atoms. The van der Waals surface area contributed by atoms with Gasteiger partial charge in [0.1, 0.15) is 5.58 Å². The normalized spacial score (nSPS) is 10.4. The Morgan fingerprint density at radius 2 is 1.77 bits per heavy atom. The number of anilines is 1. The van der Waals surface area contributed by atoms with E-state index >= 15 is 0 Å². The fourth-order valence-corrected chi connectivity index (χ4v) is 2.17. The summed E-state index contributed by atoms with van der Waals surface area (Å²) in [5, 5.41) is 6.13. The van der Waals surface area contributed by atoms with E-state index in [0.29, 0.717) is 16.8 Å². The molecule has 3 aromatic rings. The van der Waals surface area contributed by atoms with Crippen LogP contribution in [0.25, 0.3) is 11.0 Å². The van der Waals surface area contributed by atoms with Crippen LogP contribution in [0.3, 0.4) is 0 Å². The second-order valence-electron chi connectivity index (χ2n) is 4.76. The maximum absolute atomic E-state index is 12.2. The summed E-state index contributed by atoms with van der Waals surface area (Å²) in [5.41, 5.74) is 1.67. The van der Waals surface area contributed by atoms with E-state index in [2.05, 4.69) is 10.6 Å². The average molecular weight is 294 g/mol. The van der Waals surface area contributed by atoms with Gasteiger partial charge in [0, 0.05) is 23.7 Å². The molecule has 1 heterocycles. The summed E-state index contributed by atoms with van der Waals surface area (Å²) in [7, 11) is 1.56. The first-order chi connectivity index (χ1) is 10.7. The van der Waals surface area contributed by atoms with Gasteiger partial charge in [-0.25, -0.2) is 0 Å². The summed E-state index contributed by atoms with van der Waals surface area (Å²) in [5.74, 6) is -0.336. The smallest absolute Gasteiger partial charge is 0.291 e. The van der Waals surface area contributed by atoms with E-state index in [1.807, 2.05) is 18.2 Å². The van der Waals surface area contributed by atoms with E-state index in [-0.39, 0.29) is 17.6 Å². The molecule has 22 heavy (non-hydrogen) atoms. The van der Waals surface area contributed by atoms with Crippen LogP contribution in [0.15, 0.2) is 59.0 Å². The molecule has 2 N–H and O–H groups in total. The minimum Gasteiger partial charge on any atom is -0.451 e. The van der Waals surface area contributed by atoms with E-state index in [4.69, 9.17) is 4.42 Å². The van der Waals surface area contributed by atoms with Crippen molar-refractivity contribution in [3.63, 3.8) is 0 Å². The number of fused-ring (bicyclic) bond motifs is 1. The molecule has 2 amide bonds. The van der Waals surface area contributed by atoms with Gasteiger partial charge in [0.25, 0.3) is 11.8 Å². The number of hydrogen-bond donors (Lipinski definition) is 2. The number of para-hydroxylation sites is 1. The lowest BCUT2D eigenvalue weighted by Gasteiger charge is -2.05. The maximum Gasteiger partial charge on any atom is 0.291 e. The number of rotatable bonds is 3. The first-order valence-corrected chi connectivity index (χ1v) is 6.79. The van der Waals surface area contributed by atoms with Crippen LogP contribution in [-0.2, 0) is 0 Å². The molecule has 0 fully saturated rings. The van der Waals surface area contributed by atoms with Crippen molar-refractivity contribution in [1.82, 2.24) is 5.32 Å². The molecule has 5 nitrogen and oxygen atoms in total. The van der Waals surface area contributed by atoms with Crippen molar-refractivity contribution in [3.8, 4) is 0 Å². The number of hydrogen-bond acceptors (Lipinski definition) is 3. The van der Waals surface area contributed by atoms with E-state index in [9.17, 15) is 9.59 Å². The fraction of sp³-hybridized carbons (Fsp3) is 0.0588. The monoisotopic (exact) mass is 294 g/mol. The molecule has 3 rings (SSSR count). The van der Waals surface area contributed by atoms with E-state index < -0.39 is 0 Å². The van der Waals surface area contributed by atoms with Gasteiger partial charge in [0.15, 0.2) is 5.76 Å². The Morgan fingerprint density at radius 3 is 2.55 bits per heavy atom. The Hall–Kier alpha value is -3.08. The number of carbonyl (C=O) groups excluding carboxylic acids is 2. The number of carbonyl (C=O) groups is 2. The Morgan fingerprint density at radius 1 is 0.955 bits per heavy atom. The Balaban J connectivity index is 1.83. The number of benzene rings is 2. The molecule has 2 aromatic carbocycles. The van der Waals surface area contributed by atoms with Crippen LogP contribution >= 0.6 is 0 Å². The van der Waals surface area contributed by atoms with Crippen molar-refractivity contribution >= 4 is 28.5 Å². The first-order valence-electron chi connectivity index (χ1n) is 6.79. The number of furan rings is 1. The molecule has 1 aromatic heterocycles. The summed E-state index contributed by atoms with van der Waals surface area (Å²) in [6, 6.07) is 15.8. The van der Waals surface area contributed by atoms with Gasteiger partial charge in [-0.05, 0) is 30.3 Å². The van der Waals surface area contributed by atoms with E-state index in [0.717, 1.165) is 5.39 Å². The second-order valence-corrected chi connectivity index (χ2v) is 4.76. The topological polar surface area (TPSA) is 71.3 Å². The second kappa shape index (κ2) is 5.73. The third-order valence-electron chi connectivity index (χ3n) is 3.26. The molecule has 0 saturated carbocycles. The lowest BCUT2D eigenvalue weighted by atomic mass is 10.2. The Kier molecular flexibility index (Phi) is 3.62. The highest BCUT2D eigenvalue weighted by molar-refractivity contribution is 6.05. The van der Waals surface area contributed by atoms with Gasteiger partial charge < -0.3 is 15.1 Å². The van der Waals surface area contributed by atoms with E-state index in [1.165, 1.54) is 0 Å². The molecule has 110 valence electrons. The predicted molar refractivity (Wildman–Crippen MR) is 84.0 cm³/mol.